The molecule has 0 saturated carbocycles. The van der Waals surface area contributed by atoms with Crippen molar-refractivity contribution >= 4 is 43.8 Å². The molecule has 12 heteroatoms. The largest absolute Gasteiger partial charge is 0.443 e. The SMILES string of the molecule is CC(C)(C)OC(=O)N(C(=O)OC(C)(C)C)C1=N[C@](CF)(c2cc(Br)ccc2F)CS(=O)(=O)C1(C)C. The first-order valence-electron chi connectivity index (χ1n) is 10.8. The van der Waals surface area contributed by atoms with E-state index in [9.17, 15) is 26.8 Å². The fourth-order valence-corrected chi connectivity index (χ4v) is 5.38. The normalized spacial score (nSPS) is 21.6. The maximum absolute atomic E-state index is 14.9. The van der Waals surface area contributed by atoms with Gasteiger partial charge in [0.1, 0.15) is 39.8 Å². The van der Waals surface area contributed by atoms with Crippen LogP contribution in [-0.4, -0.2) is 59.7 Å². The van der Waals surface area contributed by atoms with Crippen molar-refractivity contribution in [1.82, 2.24) is 4.90 Å². The van der Waals surface area contributed by atoms with Crippen molar-refractivity contribution in [1.29, 1.82) is 0 Å². The highest BCUT2D eigenvalue weighted by Crippen LogP contribution is 2.41. The summed E-state index contributed by atoms with van der Waals surface area (Å²) in [6.07, 6.45) is -2.53. The average molecular weight is 581 g/mol. The Morgan fingerprint density at radius 1 is 1.09 bits per heavy atom. The lowest BCUT2D eigenvalue weighted by molar-refractivity contribution is 0.0138. The number of rotatable bonds is 2. The molecule has 196 valence electrons. The molecule has 0 spiro atoms. The second kappa shape index (κ2) is 9.42. The van der Waals surface area contributed by atoms with Crippen LogP contribution in [0.2, 0.25) is 0 Å². The van der Waals surface area contributed by atoms with Gasteiger partial charge in [-0.15, -0.1) is 0 Å². The Hall–Kier alpha value is -2.08. The lowest BCUT2D eigenvalue weighted by atomic mass is 9.92. The van der Waals surface area contributed by atoms with Gasteiger partial charge in [-0.1, -0.05) is 15.9 Å². The zero-order valence-electron chi connectivity index (χ0n) is 21.0. The fourth-order valence-electron chi connectivity index (χ4n) is 3.32. The molecule has 0 aliphatic carbocycles. The van der Waals surface area contributed by atoms with Gasteiger partial charge in [0.05, 0.1) is 5.75 Å². The van der Waals surface area contributed by atoms with E-state index in [1.165, 1.54) is 26.0 Å². The Morgan fingerprint density at radius 2 is 1.57 bits per heavy atom. The second-order valence-electron chi connectivity index (χ2n) is 10.8. The van der Waals surface area contributed by atoms with E-state index < -0.39 is 67.6 Å². The van der Waals surface area contributed by atoms with Crippen LogP contribution in [0.1, 0.15) is 61.0 Å². The number of imide groups is 1. The predicted octanol–water partition coefficient (Wildman–Crippen LogP) is 5.53. The molecule has 2 amide bonds. The van der Waals surface area contributed by atoms with Gasteiger partial charge in [0, 0.05) is 10.0 Å². The van der Waals surface area contributed by atoms with Gasteiger partial charge < -0.3 is 9.47 Å². The number of hydrogen-bond donors (Lipinski definition) is 0. The highest BCUT2D eigenvalue weighted by Gasteiger charge is 2.56. The van der Waals surface area contributed by atoms with Crippen LogP contribution in [0.4, 0.5) is 18.4 Å². The zero-order valence-corrected chi connectivity index (χ0v) is 23.4. The van der Waals surface area contributed by atoms with Crippen LogP contribution in [0.25, 0.3) is 0 Å². The van der Waals surface area contributed by atoms with Crippen LogP contribution >= 0.6 is 15.9 Å². The Kier molecular flexibility index (Phi) is 7.85. The lowest BCUT2D eigenvalue weighted by Crippen LogP contribution is -2.62. The molecule has 0 radical (unpaired) electrons. The Balaban J connectivity index is 2.90. The van der Waals surface area contributed by atoms with Crippen molar-refractivity contribution in [3.8, 4) is 0 Å². The summed E-state index contributed by atoms with van der Waals surface area (Å²) < 4.78 is 65.6. The number of amidine groups is 1. The third-order valence-electron chi connectivity index (χ3n) is 5.08. The predicted molar refractivity (Wildman–Crippen MR) is 131 cm³/mol. The summed E-state index contributed by atoms with van der Waals surface area (Å²) in [5.74, 6) is -2.43. The first-order chi connectivity index (χ1) is 15.7. The Labute approximate surface area is 213 Å². The van der Waals surface area contributed by atoms with Gasteiger partial charge in [-0.05, 0) is 73.6 Å². The minimum Gasteiger partial charge on any atom is -0.443 e. The Bertz CT molecular complexity index is 1130. The summed E-state index contributed by atoms with van der Waals surface area (Å²) >= 11 is 3.18. The van der Waals surface area contributed by atoms with Crippen LogP contribution in [0.15, 0.2) is 27.7 Å². The molecule has 0 aromatic heterocycles. The van der Waals surface area contributed by atoms with Crippen molar-refractivity contribution in [2.24, 2.45) is 4.99 Å². The molecule has 1 aliphatic heterocycles. The van der Waals surface area contributed by atoms with E-state index in [-0.39, 0.29) is 5.56 Å². The van der Waals surface area contributed by atoms with E-state index in [0.29, 0.717) is 9.37 Å². The number of hydrogen-bond acceptors (Lipinski definition) is 7. The van der Waals surface area contributed by atoms with Crippen molar-refractivity contribution in [3.05, 3.63) is 34.1 Å². The lowest BCUT2D eigenvalue weighted by Gasteiger charge is -2.42. The number of benzene rings is 1. The number of carbonyl (C=O) groups excluding carboxylic acids is 2. The third kappa shape index (κ3) is 6.19. The molecular formula is C23H31BrF2N2O6S. The first kappa shape index (κ1) is 29.2. The number of nitrogens with zero attached hydrogens (tertiary/aromatic N) is 2. The zero-order chi connectivity index (χ0) is 27.2. The highest BCUT2D eigenvalue weighted by atomic mass is 79.9. The average Bonchev–Trinajstić information content (AvgIpc) is 2.64. The molecule has 2 rings (SSSR count). The molecule has 8 nitrogen and oxygen atoms in total. The van der Waals surface area contributed by atoms with Crippen LogP contribution in [0.3, 0.4) is 0 Å². The van der Waals surface area contributed by atoms with Crippen molar-refractivity contribution in [3.63, 3.8) is 0 Å². The molecule has 1 aliphatic rings. The quantitative estimate of drug-likeness (QED) is 0.455. The summed E-state index contributed by atoms with van der Waals surface area (Å²) in [6, 6.07) is 3.62. The highest BCUT2D eigenvalue weighted by molar-refractivity contribution is 9.10. The summed E-state index contributed by atoms with van der Waals surface area (Å²) in [4.78, 5) is 31.0. The molecule has 0 unspecified atom stereocenters. The van der Waals surface area contributed by atoms with Gasteiger partial charge in [0.2, 0.25) is 0 Å². The molecule has 1 aromatic carbocycles. The van der Waals surface area contributed by atoms with Crippen LogP contribution in [-0.2, 0) is 24.8 Å². The number of carbonyl (C=O) groups is 2. The molecule has 0 bridgehead atoms. The molecular weight excluding hydrogens is 550 g/mol. The van der Waals surface area contributed by atoms with E-state index in [4.69, 9.17) is 9.47 Å². The number of aliphatic imine (C=N–C) groups is 1. The van der Waals surface area contributed by atoms with E-state index in [2.05, 4.69) is 20.9 Å². The maximum Gasteiger partial charge on any atom is 0.425 e. The van der Waals surface area contributed by atoms with Gasteiger partial charge in [-0.2, -0.15) is 4.90 Å². The smallest absolute Gasteiger partial charge is 0.425 e. The molecule has 1 atom stereocenters. The van der Waals surface area contributed by atoms with E-state index in [0.717, 1.165) is 6.07 Å². The topological polar surface area (TPSA) is 102 Å². The number of halogens is 3. The van der Waals surface area contributed by atoms with E-state index >= 15 is 0 Å². The van der Waals surface area contributed by atoms with Crippen LogP contribution in [0, 0.1) is 5.82 Å². The van der Waals surface area contributed by atoms with Gasteiger partial charge in [0.15, 0.2) is 9.84 Å². The third-order valence-corrected chi connectivity index (χ3v) is 8.17. The molecule has 35 heavy (non-hydrogen) atoms. The van der Waals surface area contributed by atoms with Gasteiger partial charge in [0.25, 0.3) is 0 Å². The number of ether oxygens (including phenoxy) is 2. The fraction of sp³-hybridized carbons (Fsp3) is 0.609. The van der Waals surface area contributed by atoms with Crippen molar-refractivity contribution in [2.75, 3.05) is 12.4 Å². The minimum atomic E-state index is -4.32. The summed E-state index contributed by atoms with van der Waals surface area (Å²) in [5.41, 5.74) is -4.77. The van der Waals surface area contributed by atoms with Crippen LogP contribution in [0.5, 0.6) is 0 Å². The van der Waals surface area contributed by atoms with E-state index in [1.54, 1.807) is 41.5 Å². The first-order valence-corrected chi connectivity index (χ1v) is 13.2. The molecule has 0 N–H and O–H groups in total. The monoisotopic (exact) mass is 580 g/mol. The number of amides is 2. The van der Waals surface area contributed by atoms with E-state index in [1.807, 2.05) is 0 Å². The summed E-state index contributed by atoms with van der Waals surface area (Å²) in [6.45, 7) is 10.3. The Morgan fingerprint density at radius 3 is 2.00 bits per heavy atom. The van der Waals surface area contributed by atoms with Crippen LogP contribution < -0.4 is 0 Å². The molecule has 1 heterocycles. The maximum atomic E-state index is 14.9. The van der Waals surface area contributed by atoms with Crippen molar-refractivity contribution < 1.29 is 36.3 Å². The van der Waals surface area contributed by atoms with Gasteiger partial charge in [-0.25, -0.2) is 26.8 Å². The van der Waals surface area contributed by atoms with Gasteiger partial charge >= 0.3 is 12.2 Å². The molecule has 0 saturated heterocycles. The second-order valence-corrected chi connectivity index (χ2v) is 14.2. The molecule has 0 fully saturated rings. The summed E-state index contributed by atoms with van der Waals surface area (Å²) in [7, 11) is -4.32. The standard InChI is InChI=1S/C23H31BrF2N2O6S/c1-20(2,3)33-18(29)28(19(30)34-21(4,5)6)17-22(7,8)35(31,32)13-23(12-25,27-17)15-11-14(24)9-10-16(15)26/h9-11H,12-13H2,1-8H3/t23-/m0/s1. The van der Waals surface area contributed by atoms with Gasteiger partial charge in [-0.3, -0.25) is 4.99 Å². The summed E-state index contributed by atoms with van der Waals surface area (Å²) in [5, 5.41) is 0. The number of sulfone groups is 1. The number of alkyl halides is 1. The minimum absolute atomic E-state index is 0.348. The van der Waals surface area contributed by atoms with Crippen molar-refractivity contribution in [2.45, 2.75) is 76.9 Å². The molecule has 1 aromatic rings.